The van der Waals surface area contributed by atoms with Crippen molar-refractivity contribution in [1.82, 2.24) is 0 Å². The molecule has 12 bridgehead atoms. The zero-order chi connectivity index (χ0) is 48.0. The maximum Gasteiger partial charge on any atom is 1.00 e. The summed E-state index contributed by atoms with van der Waals surface area (Å²) in [4.78, 5) is -3.14. The monoisotopic (exact) mass is 1100 g/mol. The first-order valence-corrected chi connectivity index (χ1v) is 26.3. The molecule has 366 valence electrons. The summed E-state index contributed by atoms with van der Waals surface area (Å²) in [7, 11) is -21.2. The van der Waals surface area contributed by atoms with Gasteiger partial charge in [-0.25, -0.2) is 33.7 Å². The zero-order valence-corrected chi connectivity index (χ0v) is 50.8. The molecule has 3 aliphatic rings. The molecule has 0 amide bonds. The van der Waals surface area contributed by atoms with Crippen molar-refractivity contribution < 1.29 is 213 Å². The van der Waals surface area contributed by atoms with Crippen LogP contribution in [0.5, 0.6) is 23.0 Å². The Morgan fingerprint density at radius 2 is 0.408 bits per heavy atom. The van der Waals surface area contributed by atoms with Gasteiger partial charge in [0.2, 0.25) is 0 Å². The van der Waals surface area contributed by atoms with E-state index in [4.69, 9.17) is 42.6 Å². The van der Waals surface area contributed by atoms with Crippen LogP contribution in [0.2, 0.25) is 0 Å². The van der Waals surface area contributed by atoms with E-state index in [1.165, 1.54) is 0 Å². The van der Waals surface area contributed by atoms with E-state index < -0.39 is 85.7 Å². The van der Waals surface area contributed by atoms with Crippen molar-refractivity contribution >= 4 is 40.5 Å². The van der Waals surface area contributed by atoms with E-state index in [0.29, 0.717) is 0 Å². The minimum absolute atomic E-state index is 0. The van der Waals surface area contributed by atoms with Crippen molar-refractivity contribution in [2.75, 3.05) is 92.5 Å². The van der Waals surface area contributed by atoms with E-state index in [2.05, 4.69) is 0 Å². The van der Waals surface area contributed by atoms with Crippen LogP contribution in [0, 0.1) is 0 Å². The molecule has 0 unspecified atom stereocenters. The van der Waals surface area contributed by atoms with Crippen molar-refractivity contribution in [3.05, 3.63) is 93.0 Å². The molecule has 0 fully saturated rings. The molecule has 21 nitrogen and oxygen atoms in total. The van der Waals surface area contributed by atoms with E-state index >= 15 is 0 Å². The molecule has 7 rings (SSSR count). The van der Waals surface area contributed by atoms with Crippen LogP contribution in [0.25, 0.3) is 0 Å². The van der Waals surface area contributed by atoms with E-state index in [1.54, 1.807) is 0 Å². The van der Waals surface area contributed by atoms with Gasteiger partial charge in [-0.05, 0) is 48.5 Å². The Morgan fingerprint density at radius 3 is 0.549 bits per heavy atom. The van der Waals surface area contributed by atoms with Crippen molar-refractivity contribution in [2.24, 2.45) is 0 Å². The summed E-state index contributed by atoms with van der Waals surface area (Å²) in [6, 6.07) is 7.94. The molecule has 1 aliphatic carbocycles. The molecule has 29 heteroatoms. The van der Waals surface area contributed by atoms with E-state index in [1.807, 2.05) is 0 Å². The molecule has 0 atom stereocenters. The third kappa shape index (κ3) is 18.0. The first-order chi connectivity index (χ1) is 31.8. The third-order valence-corrected chi connectivity index (χ3v) is 13.8. The van der Waals surface area contributed by atoms with Gasteiger partial charge < -0.3 is 60.8 Å². The van der Waals surface area contributed by atoms with Gasteiger partial charge in [-0.1, -0.05) is 0 Å². The summed E-state index contributed by atoms with van der Waals surface area (Å²) in [6.07, 6.45) is -2.02. The molecule has 0 aromatic heterocycles. The van der Waals surface area contributed by atoms with Gasteiger partial charge in [0, 0.05) is 70.2 Å². The van der Waals surface area contributed by atoms with Gasteiger partial charge in [-0.3, -0.25) is 0 Å². The Balaban J connectivity index is 0.00000333. The maximum absolute atomic E-state index is 12.9. The van der Waals surface area contributed by atoms with Crippen LogP contribution in [-0.2, 0) is 89.8 Å². The van der Waals surface area contributed by atoms with Crippen molar-refractivity contribution in [3.63, 3.8) is 0 Å². The molecule has 4 aromatic rings. The Bertz CT molecular complexity index is 2750. The van der Waals surface area contributed by atoms with Crippen LogP contribution in [0.4, 0.5) is 0 Å². The summed E-state index contributed by atoms with van der Waals surface area (Å²) in [5.74, 6) is -0.304. The second-order valence-corrected chi connectivity index (χ2v) is 20.8. The topological polar surface area (TPSA) is 312 Å². The quantitative estimate of drug-likeness (QED) is 0.119. The van der Waals surface area contributed by atoms with Crippen LogP contribution in [0.15, 0.2) is 68.1 Å². The van der Waals surface area contributed by atoms with Crippen molar-refractivity contribution in [3.8, 4) is 23.0 Å². The average molecular weight is 1110 g/mol. The SMILES string of the molecule is O=S(=O)([O-])c1cc2c3c(c1)Cc1cc(S(=O)(=O)[O-])cc4c1OCCOCCOCCOc1c(cc(S(=O)(=O)[O-])cc1C4)Cc1cc(S(=O)(=O)[O-])cc(c1OCCOCCOCCOCCO3)C2.[Na+].[Na+].[Na+].[Na+]. The van der Waals surface area contributed by atoms with Crippen molar-refractivity contribution in [1.29, 1.82) is 0 Å². The standard InChI is InChI=1S/C42H48O21S4.4Na/c43-64(44,45)35-19-27-15-28-20-36(65(46,47)48)22-30-17-32-24-38(67(52,53)54)26-34-18-33-25-37(66(49,50)51)23-31(41(33)62-13-9-58-5-6-59-10-14-63-42(32)34)16-29(21-35)39(27)60-11-7-56-3-1-55-2-4-57-8-12-61-40(28)30;;;;/h19-26H,1-18H2,(H,43,44,45)(H,46,47,48)(H,49,50,51)(H,52,53,54);;;;/q;4*+1/p-4. The predicted octanol–water partition coefficient (Wildman–Crippen LogP) is -10.4. The van der Waals surface area contributed by atoms with Gasteiger partial charge in [0.1, 0.15) is 89.9 Å². The molecule has 0 spiro atoms. The molecule has 0 saturated heterocycles. The van der Waals surface area contributed by atoms with Crippen LogP contribution < -0.4 is 137 Å². The largest absolute Gasteiger partial charge is 1.00 e. The van der Waals surface area contributed by atoms with Crippen LogP contribution >= 0.6 is 0 Å². The minimum Gasteiger partial charge on any atom is -0.744 e. The molecular formula is C42H44Na4O21S4. The first-order valence-electron chi connectivity index (χ1n) is 20.6. The molecule has 4 aromatic carbocycles. The number of rotatable bonds is 4. The number of hydrogen-bond acceptors (Lipinski definition) is 21. The Morgan fingerprint density at radius 1 is 0.268 bits per heavy atom. The molecule has 0 N–H and O–H groups in total. The van der Waals surface area contributed by atoms with Crippen molar-refractivity contribution in [2.45, 2.75) is 45.3 Å². The average Bonchev–Trinajstić information content (AvgIpc) is 3.24. The van der Waals surface area contributed by atoms with E-state index in [-0.39, 0.29) is 278 Å². The van der Waals surface area contributed by atoms with Crippen LogP contribution in [0.3, 0.4) is 0 Å². The first kappa shape index (κ1) is 64.8. The van der Waals surface area contributed by atoms with Gasteiger partial charge in [-0.15, -0.1) is 0 Å². The Labute approximate surface area is 500 Å². The second-order valence-electron chi connectivity index (χ2n) is 15.3. The fourth-order valence-corrected chi connectivity index (χ4v) is 10.0. The van der Waals surface area contributed by atoms with Gasteiger partial charge in [-0.2, -0.15) is 0 Å². The normalized spacial score (nSPS) is 16.7. The van der Waals surface area contributed by atoms with Gasteiger partial charge in [0.05, 0.1) is 85.7 Å². The molecule has 71 heavy (non-hydrogen) atoms. The van der Waals surface area contributed by atoms with E-state index in [0.717, 1.165) is 48.5 Å². The molecule has 0 radical (unpaired) electrons. The Hall–Kier alpha value is -0.480. The van der Waals surface area contributed by atoms with Gasteiger partial charge in [0.15, 0.2) is 0 Å². The fourth-order valence-electron chi connectivity index (χ4n) is 7.75. The van der Waals surface area contributed by atoms with Crippen LogP contribution in [0.1, 0.15) is 44.5 Å². The molecular weight excluding hydrogens is 1060 g/mol. The van der Waals surface area contributed by atoms with Crippen LogP contribution in [-0.4, -0.2) is 144 Å². The van der Waals surface area contributed by atoms with E-state index in [9.17, 15) is 51.9 Å². The number of benzene rings is 4. The smallest absolute Gasteiger partial charge is 0.744 e. The molecule has 0 saturated carbocycles. The third-order valence-electron chi connectivity index (χ3n) is 10.6. The summed E-state index contributed by atoms with van der Waals surface area (Å²) >= 11 is 0. The van der Waals surface area contributed by atoms with Gasteiger partial charge in [0.25, 0.3) is 0 Å². The fraction of sp³-hybridized carbons (Fsp3) is 0.429. The summed E-state index contributed by atoms with van der Waals surface area (Å²) < 4.78 is 208. The van der Waals surface area contributed by atoms with Gasteiger partial charge >= 0.3 is 118 Å². The summed E-state index contributed by atoms with van der Waals surface area (Å²) in [6.45, 7) is -0.168. The molecule has 2 heterocycles. The Kier molecular flexibility index (Phi) is 26.3. The summed E-state index contributed by atoms with van der Waals surface area (Å²) in [5.41, 5.74) is -0.506. The number of ether oxygens (including phenoxy) is 9. The zero-order valence-electron chi connectivity index (χ0n) is 39.6. The second kappa shape index (κ2) is 28.8. The number of hydrogen-bond donors (Lipinski definition) is 0. The summed E-state index contributed by atoms with van der Waals surface area (Å²) in [5, 5.41) is 0. The predicted molar refractivity (Wildman–Crippen MR) is 225 cm³/mol. The maximum atomic E-state index is 12.9. The molecule has 2 aliphatic heterocycles. The minimum atomic E-state index is -5.31.